The van der Waals surface area contributed by atoms with Crippen LogP contribution in [0.15, 0.2) is 72.8 Å². The summed E-state index contributed by atoms with van der Waals surface area (Å²) in [6.45, 7) is 2.21. The maximum atomic E-state index is 9.24. The number of nitriles is 1. The first-order chi connectivity index (χ1) is 12.3. The van der Waals surface area contributed by atoms with Crippen LogP contribution < -0.4 is 0 Å². The van der Waals surface area contributed by atoms with Crippen LogP contribution in [0.5, 0.6) is 0 Å². The van der Waals surface area contributed by atoms with E-state index < -0.39 is 0 Å². The number of hydrogen-bond donors (Lipinski definition) is 0. The fraction of sp³-hybridized carbons (Fsp3) is 0.208. The lowest BCUT2D eigenvalue weighted by molar-refractivity contribution is 0.914. The number of rotatable bonds is 6. The fourth-order valence-corrected chi connectivity index (χ4v) is 3.21. The van der Waals surface area contributed by atoms with Gasteiger partial charge in [-0.05, 0) is 59.2 Å². The summed E-state index contributed by atoms with van der Waals surface area (Å²) >= 11 is 0. The number of nitrogens with zero attached hydrogens (tertiary/aromatic N) is 1. The molecule has 1 heteroatoms. The van der Waals surface area contributed by atoms with E-state index in [1.165, 1.54) is 34.2 Å². The molecule has 0 amide bonds. The van der Waals surface area contributed by atoms with Gasteiger partial charge in [0.25, 0.3) is 0 Å². The second kappa shape index (κ2) is 8.31. The van der Waals surface area contributed by atoms with Crippen LogP contribution in [0.25, 0.3) is 11.1 Å². The SMILES string of the molecule is CCCc1ccc(CCc2cc(C#N)ccc2-c2ccccc2)cc1. The molecule has 3 aromatic rings. The monoisotopic (exact) mass is 325 g/mol. The largest absolute Gasteiger partial charge is 0.192 e. The third kappa shape index (κ3) is 4.37. The summed E-state index contributed by atoms with van der Waals surface area (Å²) < 4.78 is 0. The molecule has 0 heterocycles. The molecule has 124 valence electrons. The Morgan fingerprint density at radius 3 is 2.08 bits per heavy atom. The Bertz CT molecular complexity index is 855. The topological polar surface area (TPSA) is 23.8 Å². The predicted molar refractivity (Wildman–Crippen MR) is 104 cm³/mol. The van der Waals surface area contributed by atoms with Crippen molar-refractivity contribution in [1.82, 2.24) is 0 Å². The Kier molecular flexibility index (Phi) is 5.65. The third-order valence-corrected chi connectivity index (χ3v) is 4.56. The van der Waals surface area contributed by atoms with Gasteiger partial charge in [0, 0.05) is 0 Å². The summed E-state index contributed by atoms with van der Waals surface area (Å²) in [6, 6.07) is 27.6. The van der Waals surface area contributed by atoms with Gasteiger partial charge in [-0.2, -0.15) is 5.26 Å². The summed E-state index contributed by atoms with van der Waals surface area (Å²) in [4.78, 5) is 0. The molecule has 0 N–H and O–H groups in total. The van der Waals surface area contributed by atoms with Gasteiger partial charge in [0.15, 0.2) is 0 Å². The van der Waals surface area contributed by atoms with Crippen LogP contribution in [0.1, 0.15) is 35.6 Å². The molecule has 3 rings (SSSR count). The van der Waals surface area contributed by atoms with Crippen LogP contribution in [0.3, 0.4) is 0 Å². The molecule has 0 saturated heterocycles. The molecule has 0 atom stereocenters. The van der Waals surface area contributed by atoms with Crippen LogP contribution in [0, 0.1) is 11.3 Å². The average Bonchev–Trinajstić information content (AvgIpc) is 2.68. The highest BCUT2D eigenvalue weighted by atomic mass is 14.2. The van der Waals surface area contributed by atoms with Gasteiger partial charge in [-0.3, -0.25) is 0 Å². The van der Waals surface area contributed by atoms with Crippen molar-refractivity contribution in [3.63, 3.8) is 0 Å². The standard InChI is InChI=1S/C24H23N/c1-2-6-19-9-11-20(12-10-19)13-15-23-17-21(18-25)14-16-24(23)22-7-4-3-5-8-22/h3-5,7-12,14,16-17H,2,6,13,15H2,1H3. The van der Waals surface area contributed by atoms with Crippen LogP contribution in [0.2, 0.25) is 0 Å². The molecule has 25 heavy (non-hydrogen) atoms. The second-order valence-electron chi connectivity index (χ2n) is 6.42. The first-order valence-electron chi connectivity index (χ1n) is 8.96. The molecule has 0 bridgehead atoms. The second-order valence-corrected chi connectivity index (χ2v) is 6.42. The lowest BCUT2D eigenvalue weighted by Crippen LogP contribution is -1.96. The summed E-state index contributed by atoms with van der Waals surface area (Å²) in [5, 5.41) is 9.24. The zero-order chi connectivity index (χ0) is 17.5. The summed E-state index contributed by atoms with van der Waals surface area (Å²) in [5.74, 6) is 0. The first-order valence-corrected chi connectivity index (χ1v) is 8.96. The van der Waals surface area contributed by atoms with Gasteiger partial charge in [-0.15, -0.1) is 0 Å². The molecule has 3 aromatic carbocycles. The Labute approximate surface area is 150 Å². The molecule has 0 spiro atoms. The lowest BCUT2D eigenvalue weighted by Gasteiger charge is -2.11. The van der Waals surface area contributed by atoms with Crippen molar-refractivity contribution < 1.29 is 0 Å². The first kappa shape index (κ1) is 17.0. The van der Waals surface area contributed by atoms with Crippen molar-refractivity contribution in [2.75, 3.05) is 0 Å². The van der Waals surface area contributed by atoms with Crippen LogP contribution in [-0.4, -0.2) is 0 Å². The minimum absolute atomic E-state index is 0.730. The van der Waals surface area contributed by atoms with Crippen molar-refractivity contribution in [3.05, 3.63) is 95.1 Å². The average molecular weight is 325 g/mol. The van der Waals surface area contributed by atoms with Crippen LogP contribution in [-0.2, 0) is 19.3 Å². The molecular formula is C24H23N. The van der Waals surface area contributed by atoms with Crippen molar-refractivity contribution in [2.24, 2.45) is 0 Å². The van der Waals surface area contributed by atoms with Gasteiger partial charge < -0.3 is 0 Å². The molecule has 0 aromatic heterocycles. The van der Waals surface area contributed by atoms with E-state index >= 15 is 0 Å². The Balaban J connectivity index is 1.82. The van der Waals surface area contributed by atoms with E-state index in [0.29, 0.717) is 0 Å². The number of benzene rings is 3. The molecule has 1 nitrogen and oxygen atoms in total. The van der Waals surface area contributed by atoms with Crippen molar-refractivity contribution >= 4 is 0 Å². The Morgan fingerprint density at radius 2 is 1.44 bits per heavy atom. The van der Waals surface area contributed by atoms with Crippen LogP contribution >= 0.6 is 0 Å². The zero-order valence-electron chi connectivity index (χ0n) is 14.7. The summed E-state index contributed by atoms with van der Waals surface area (Å²) in [6.07, 6.45) is 4.25. The molecule has 0 fully saturated rings. The Hall–Kier alpha value is -2.85. The van der Waals surface area contributed by atoms with E-state index in [1.807, 2.05) is 18.2 Å². The number of hydrogen-bond acceptors (Lipinski definition) is 1. The minimum atomic E-state index is 0.730. The van der Waals surface area contributed by atoms with E-state index in [2.05, 4.69) is 67.6 Å². The van der Waals surface area contributed by atoms with Gasteiger partial charge in [0.05, 0.1) is 11.6 Å². The summed E-state index contributed by atoms with van der Waals surface area (Å²) in [7, 11) is 0. The molecule has 0 saturated carbocycles. The maximum absolute atomic E-state index is 9.24. The fourth-order valence-electron chi connectivity index (χ4n) is 3.21. The lowest BCUT2D eigenvalue weighted by atomic mass is 9.93. The van der Waals surface area contributed by atoms with Gasteiger partial charge in [-0.1, -0.05) is 74.0 Å². The molecule has 0 unspecified atom stereocenters. The van der Waals surface area contributed by atoms with E-state index in [4.69, 9.17) is 0 Å². The van der Waals surface area contributed by atoms with Gasteiger partial charge in [0.2, 0.25) is 0 Å². The highest BCUT2D eigenvalue weighted by molar-refractivity contribution is 5.68. The summed E-state index contributed by atoms with van der Waals surface area (Å²) in [5.41, 5.74) is 7.15. The molecular weight excluding hydrogens is 302 g/mol. The van der Waals surface area contributed by atoms with Gasteiger partial charge in [0.1, 0.15) is 0 Å². The van der Waals surface area contributed by atoms with Gasteiger partial charge >= 0.3 is 0 Å². The highest BCUT2D eigenvalue weighted by Gasteiger charge is 2.07. The van der Waals surface area contributed by atoms with Crippen molar-refractivity contribution in [2.45, 2.75) is 32.6 Å². The predicted octanol–water partition coefficient (Wildman–Crippen LogP) is 5.96. The van der Waals surface area contributed by atoms with Crippen molar-refractivity contribution in [1.29, 1.82) is 5.26 Å². The van der Waals surface area contributed by atoms with Crippen LogP contribution in [0.4, 0.5) is 0 Å². The molecule has 0 aliphatic rings. The van der Waals surface area contributed by atoms with E-state index in [-0.39, 0.29) is 0 Å². The Morgan fingerprint density at radius 1 is 0.760 bits per heavy atom. The highest BCUT2D eigenvalue weighted by Crippen LogP contribution is 2.26. The minimum Gasteiger partial charge on any atom is -0.192 e. The third-order valence-electron chi connectivity index (χ3n) is 4.56. The van der Waals surface area contributed by atoms with E-state index in [9.17, 15) is 5.26 Å². The number of aryl methyl sites for hydroxylation is 3. The van der Waals surface area contributed by atoms with Gasteiger partial charge in [-0.25, -0.2) is 0 Å². The van der Waals surface area contributed by atoms with Crippen molar-refractivity contribution in [3.8, 4) is 17.2 Å². The zero-order valence-corrected chi connectivity index (χ0v) is 14.7. The quantitative estimate of drug-likeness (QED) is 0.548. The molecule has 0 aliphatic carbocycles. The molecule has 0 aliphatic heterocycles. The van der Waals surface area contributed by atoms with E-state index in [0.717, 1.165) is 24.8 Å². The normalized spacial score (nSPS) is 10.4. The van der Waals surface area contributed by atoms with E-state index in [1.54, 1.807) is 0 Å². The maximum Gasteiger partial charge on any atom is 0.0991 e. The smallest absolute Gasteiger partial charge is 0.0991 e. The molecule has 0 radical (unpaired) electrons.